The fourth-order valence-corrected chi connectivity index (χ4v) is 3.80. The van der Waals surface area contributed by atoms with Crippen LogP contribution in [0, 0.1) is 12.8 Å². The smallest absolute Gasteiger partial charge is 0.231 e. The minimum Gasteiger partial charge on any atom is -0.342 e. The number of nitrogens with one attached hydrogen (secondary N) is 1. The zero-order valence-corrected chi connectivity index (χ0v) is 13.1. The number of likely N-dealkylation sites (tertiary alicyclic amines) is 2. The highest BCUT2D eigenvalue weighted by Gasteiger charge is 2.32. The van der Waals surface area contributed by atoms with Crippen molar-refractivity contribution in [1.82, 2.24) is 4.90 Å². The maximum atomic E-state index is 12.6. The Hall–Kier alpha value is -1.35. The second-order valence-corrected chi connectivity index (χ2v) is 6.68. The molecule has 3 nitrogen and oxygen atoms in total. The summed E-state index contributed by atoms with van der Waals surface area (Å²) >= 11 is 0. The van der Waals surface area contributed by atoms with Gasteiger partial charge in [0, 0.05) is 18.7 Å². The number of hydrogen-bond donors (Lipinski definition) is 1. The molecule has 2 saturated heterocycles. The molecule has 2 unspecified atom stereocenters. The molecule has 21 heavy (non-hydrogen) atoms. The summed E-state index contributed by atoms with van der Waals surface area (Å²) in [7, 11) is 0. The third kappa shape index (κ3) is 3.46. The molecular formula is C18H27N2O+. The van der Waals surface area contributed by atoms with Crippen LogP contribution in [0.5, 0.6) is 0 Å². The average molecular weight is 287 g/mol. The Bertz CT molecular complexity index is 494. The third-order valence-corrected chi connectivity index (χ3v) is 5.09. The van der Waals surface area contributed by atoms with Gasteiger partial charge in [0.25, 0.3) is 0 Å². The van der Waals surface area contributed by atoms with E-state index in [2.05, 4.69) is 36.1 Å². The highest BCUT2D eigenvalue weighted by molar-refractivity contribution is 5.79. The first-order chi connectivity index (χ1) is 10.2. The monoisotopic (exact) mass is 287 g/mol. The van der Waals surface area contributed by atoms with Crippen LogP contribution < -0.4 is 4.90 Å². The summed E-state index contributed by atoms with van der Waals surface area (Å²) in [6.07, 6.45) is 4.66. The van der Waals surface area contributed by atoms with Crippen LogP contribution in [0.2, 0.25) is 0 Å². The molecular weight excluding hydrogens is 260 g/mol. The molecule has 3 rings (SSSR count). The number of nitrogens with zero attached hydrogens (tertiary/aromatic N) is 1. The van der Waals surface area contributed by atoms with Crippen molar-refractivity contribution in [3.63, 3.8) is 0 Å². The van der Waals surface area contributed by atoms with Crippen LogP contribution in [0.4, 0.5) is 0 Å². The molecule has 1 amide bonds. The van der Waals surface area contributed by atoms with Crippen molar-refractivity contribution in [2.75, 3.05) is 26.2 Å². The summed E-state index contributed by atoms with van der Waals surface area (Å²) in [6, 6.07) is 8.64. The Balaban J connectivity index is 1.60. The van der Waals surface area contributed by atoms with E-state index in [-0.39, 0.29) is 5.92 Å². The van der Waals surface area contributed by atoms with Gasteiger partial charge in [-0.05, 0) is 38.2 Å². The Labute approximate surface area is 127 Å². The number of benzene rings is 1. The molecule has 0 saturated carbocycles. The molecule has 2 atom stereocenters. The van der Waals surface area contributed by atoms with Gasteiger partial charge in [-0.1, -0.05) is 24.3 Å². The van der Waals surface area contributed by atoms with E-state index in [1.54, 1.807) is 4.90 Å². The van der Waals surface area contributed by atoms with Gasteiger partial charge in [0.2, 0.25) is 5.91 Å². The molecule has 1 aromatic carbocycles. The first-order valence-corrected chi connectivity index (χ1v) is 8.41. The summed E-state index contributed by atoms with van der Waals surface area (Å²) in [5.41, 5.74) is 2.81. The maximum Gasteiger partial charge on any atom is 0.231 e. The van der Waals surface area contributed by atoms with Crippen molar-refractivity contribution in [1.29, 1.82) is 0 Å². The van der Waals surface area contributed by atoms with Gasteiger partial charge in [-0.25, -0.2) is 0 Å². The largest absolute Gasteiger partial charge is 0.342 e. The van der Waals surface area contributed by atoms with Gasteiger partial charge in [0.1, 0.15) is 6.54 Å². The van der Waals surface area contributed by atoms with Crippen molar-refractivity contribution in [2.45, 2.75) is 39.2 Å². The number of piperidine rings is 1. The quantitative estimate of drug-likeness (QED) is 0.893. The lowest BCUT2D eigenvalue weighted by atomic mass is 9.95. The van der Waals surface area contributed by atoms with Crippen molar-refractivity contribution >= 4 is 5.91 Å². The molecule has 3 heteroatoms. The van der Waals surface area contributed by atoms with E-state index in [1.807, 2.05) is 0 Å². The molecule has 0 aliphatic carbocycles. The van der Waals surface area contributed by atoms with E-state index in [4.69, 9.17) is 0 Å². The minimum atomic E-state index is 0.260. The van der Waals surface area contributed by atoms with Crippen LogP contribution in [0.1, 0.15) is 36.8 Å². The normalized spacial score (nSPS) is 26.0. The van der Waals surface area contributed by atoms with E-state index in [0.717, 1.165) is 32.6 Å². The number of hydrogen-bond acceptors (Lipinski definition) is 1. The summed E-state index contributed by atoms with van der Waals surface area (Å²) in [6.45, 7) is 7.45. The van der Waals surface area contributed by atoms with E-state index in [1.165, 1.54) is 36.9 Å². The predicted octanol–water partition coefficient (Wildman–Crippen LogP) is 1.41. The first-order valence-electron chi connectivity index (χ1n) is 8.41. The highest BCUT2D eigenvalue weighted by Crippen LogP contribution is 2.16. The van der Waals surface area contributed by atoms with Crippen molar-refractivity contribution in [3.05, 3.63) is 35.4 Å². The Morgan fingerprint density at radius 2 is 2.00 bits per heavy atom. The van der Waals surface area contributed by atoms with Crippen LogP contribution in [-0.4, -0.2) is 37.0 Å². The number of amides is 1. The molecule has 114 valence electrons. The third-order valence-electron chi connectivity index (χ3n) is 5.09. The lowest BCUT2D eigenvalue weighted by Gasteiger charge is -2.31. The SMILES string of the molecule is Cc1ccccc1C[NH+]1CCCC(C(=O)N2CCCC2)C1. The van der Waals surface area contributed by atoms with Crippen LogP contribution in [-0.2, 0) is 11.3 Å². The fourth-order valence-electron chi connectivity index (χ4n) is 3.80. The van der Waals surface area contributed by atoms with Crippen LogP contribution >= 0.6 is 0 Å². The fraction of sp³-hybridized carbons (Fsp3) is 0.611. The van der Waals surface area contributed by atoms with Gasteiger partial charge < -0.3 is 9.80 Å². The van der Waals surface area contributed by atoms with Gasteiger partial charge in [-0.2, -0.15) is 0 Å². The minimum absolute atomic E-state index is 0.260. The predicted molar refractivity (Wildman–Crippen MR) is 84.1 cm³/mol. The highest BCUT2D eigenvalue weighted by atomic mass is 16.2. The lowest BCUT2D eigenvalue weighted by molar-refractivity contribution is -0.921. The Kier molecular flexibility index (Phi) is 4.59. The van der Waals surface area contributed by atoms with Gasteiger partial charge >= 0.3 is 0 Å². The van der Waals surface area contributed by atoms with E-state index in [0.29, 0.717) is 5.91 Å². The zero-order chi connectivity index (χ0) is 14.7. The van der Waals surface area contributed by atoms with Gasteiger partial charge in [0.05, 0.1) is 19.0 Å². The summed E-state index contributed by atoms with van der Waals surface area (Å²) in [5, 5.41) is 0. The molecule has 2 fully saturated rings. The van der Waals surface area contributed by atoms with E-state index < -0.39 is 0 Å². The van der Waals surface area contributed by atoms with E-state index in [9.17, 15) is 4.79 Å². The molecule has 2 aliphatic rings. The second-order valence-electron chi connectivity index (χ2n) is 6.68. The lowest BCUT2D eigenvalue weighted by Crippen LogP contribution is -3.12. The summed E-state index contributed by atoms with van der Waals surface area (Å²) < 4.78 is 0. The van der Waals surface area contributed by atoms with Crippen LogP contribution in [0.3, 0.4) is 0 Å². The standard InChI is InChI=1S/C18H26N2O/c1-15-7-2-3-8-16(15)13-19-10-6-9-17(14-19)18(21)20-11-4-5-12-20/h2-3,7-8,17H,4-6,9-14H2,1H3/p+1. The van der Waals surface area contributed by atoms with E-state index >= 15 is 0 Å². The zero-order valence-electron chi connectivity index (χ0n) is 13.1. The Morgan fingerprint density at radius 3 is 2.76 bits per heavy atom. The second kappa shape index (κ2) is 6.61. The number of carbonyl (C=O) groups excluding carboxylic acids is 1. The van der Waals surface area contributed by atoms with Gasteiger partial charge in [0.15, 0.2) is 0 Å². The van der Waals surface area contributed by atoms with Gasteiger partial charge in [-0.15, -0.1) is 0 Å². The number of carbonyl (C=O) groups is 1. The van der Waals surface area contributed by atoms with Crippen LogP contribution in [0.15, 0.2) is 24.3 Å². The number of rotatable bonds is 3. The number of quaternary nitrogens is 1. The molecule has 2 aliphatic heterocycles. The molecule has 0 aromatic heterocycles. The Morgan fingerprint density at radius 1 is 1.24 bits per heavy atom. The first kappa shape index (κ1) is 14.6. The molecule has 2 heterocycles. The van der Waals surface area contributed by atoms with Crippen molar-refractivity contribution in [2.24, 2.45) is 5.92 Å². The summed E-state index contributed by atoms with van der Waals surface area (Å²) in [4.78, 5) is 16.3. The molecule has 0 radical (unpaired) electrons. The molecule has 1 aromatic rings. The molecule has 0 spiro atoms. The summed E-state index contributed by atoms with van der Waals surface area (Å²) in [5.74, 6) is 0.686. The molecule has 1 N–H and O–H groups in total. The topological polar surface area (TPSA) is 24.8 Å². The van der Waals surface area contributed by atoms with Crippen molar-refractivity contribution < 1.29 is 9.69 Å². The van der Waals surface area contributed by atoms with Gasteiger partial charge in [-0.3, -0.25) is 4.79 Å². The molecule has 0 bridgehead atoms. The average Bonchev–Trinajstić information content (AvgIpc) is 3.03. The maximum absolute atomic E-state index is 12.6. The van der Waals surface area contributed by atoms with Crippen LogP contribution in [0.25, 0.3) is 0 Å². The van der Waals surface area contributed by atoms with Crippen molar-refractivity contribution in [3.8, 4) is 0 Å². The number of aryl methyl sites for hydroxylation is 1.